The molecule has 0 spiro atoms. The van der Waals surface area contributed by atoms with Crippen LogP contribution in [0.2, 0.25) is 5.15 Å². The fourth-order valence-corrected chi connectivity index (χ4v) is 5.73. The molecule has 3 aromatic rings. The van der Waals surface area contributed by atoms with Crippen LogP contribution in [-0.2, 0) is 6.54 Å². The Morgan fingerprint density at radius 1 is 1.29 bits per heavy atom. The van der Waals surface area contributed by atoms with E-state index < -0.39 is 0 Å². The van der Waals surface area contributed by atoms with E-state index in [1.165, 1.54) is 10.9 Å². The highest BCUT2D eigenvalue weighted by molar-refractivity contribution is 9.10. The van der Waals surface area contributed by atoms with Gasteiger partial charge in [-0.3, -0.25) is 0 Å². The predicted molar refractivity (Wildman–Crippen MR) is 123 cm³/mol. The molecule has 1 aliphatic carbocycles. The molecule has 0 saturated carbocycles. The summed E-state index contributed by atoms with van der Waals surface area (Å²) in [6.45, 7) is 4.40. The number of pyridine rings is 1. The van der Waals surface area contributed by atoms with Crippen molar-refractivity contribution in [3.63, 3.8) is 0 Å². The van der Waals surface area contributed by atoms with Crippen LogP contribution < -0.4 is 5.32 Å². The van der Waals surface area contributed by atoms with Crippen molar-refractivity contribution in [3.8, 4) is 0 Å². The average molecular weight is 482 g/mol. The second-order valence-electron chi connectivity index (χ2n) is 6.38. The summed E-state index contributed by atoms with van der Waals surface area (Å²) in [5, 5.41) is 3.77. The second-order valence-corrected chi connectivity index (χ2v) is 8.61. The Morgan fingerprint density at radius 3 is 2.79 bits per heavy atom. The van der Waals surface area contributed by atoms with Gasteiger partial charge in [0.05, 0.1) is 20.4 Å². The summed E-state index contributed by atoms with van der Waals surface area (Å²) in [6, 6.07) is 8.61. The van der Waals surface area contributed by atoms with Gasteiger partial charge in [-0.2, -0.15) is 0 Å². The molecule has 0 saturated heterocycles. The number of anilines is 1. The van der Waals surface area contributed by atoms with Crippen molar-refractivity contribution in [2.45, 2.75) is 45.6 Å². The summed E-state index contributed by atoms with van der Waals surface area (Å²) in [6.07, 6.45) is 7.81. The summed E-state index contributed by atoms with van der Waals surface area (Å²) < 4.78 is 16.0. The van der Waals surface area contributed by atoms with Crippen LogP contribution in [-0.4, -0.2) is 4.98 Å². The Bertz CT molecular complexity index is 986. The normalized spacial score (nSPS) is 16.0. The fraction of sp³-hybridized carbons (Fsp3) is 0.318. The van der Waals surface area contributed by atoms with Crippen molar-refractivity contribution in [2.75, 3.05) is 5.32 Å². The van der Waals surface area contributed by atoms with Gasteiger partial charge < -0.3 is 5.32 Å². The van der Waals surface area contributed by atoms with E-state index in [0.29, 0.717) is 23.2 Å². The first-order valence-electron chi connectivity index (χ1n) is 9.54. The third-order valence-electron chi connectivity index (χ3n) is 4.64. The maximum atomic E-state index is 13.9. The predicted octanol–water partition coefficient (Wildman–Crippen LogP) is 8.31. The van der Waals surface area contributed by atoms with Gasteiger partial charge >= 0.3 is 0 Å². The summed E-state index contributed by atoms with van der Waals surface area (Å²) >= 11 is 11.7. The standard InChI is InChI=1S/C20H17BrClFN2S.C2H6/c21-17-18-20(26-19(17)12-6-2-1-3-7-12)15(10-16(22)25-18)24-11-13-8-4-5-9-14(13)23;1-2/h1-2,4-5,8-10,12H,3,6-7,11H2,(H,24,25);1-2H3. The van der Waals surface area contributed by atoms with Crippen LogP contribution >= 0.6 is 38.9 Å². The Labute approximate surface area is 183 Å². The molecule has 1 atom stereocenters. The zero-order valence-corrected chi connectivity index (χ0v) is 19.1. The maximum absolute atomic E-state index is 13.9. The van der Waals surface area contributed by atoms with Crippen LogP contribution in [0.1, 0.15) is 49.5 Å². The number of nitrogens with zero attached hydrogens (tertiary/aromatic N) is 1. The minimum atomic E-state index is -0.210. The van der Waals surface area contributed by atoms with E-state index in [0.717, 1.165) is 39.6 Å². The third kappa shape index (κ3) is 4.58. The van der Waals surface area contributed by atoms with E-state index in [9.17, 15) is 4.39 Å². The molecule has 0 radical (unpaired) electrons. The number of thiophene rings is 1. The van der Waals surface area contributed by atoms with E-state index in [4.69, 9.17) is 11.6 Å². The van der Waals surface area contributed by atoms with Crippen LogP contribution in [0.3, 0.4) is 0 Å². The second kappa shape index (κ2) is 9.86. The zero-order valence-electron chi connectivity index (χ0n) is 15.9. The quantitative estimate of drug-likeness (QED) is 0.299. The summed E-state index contributed by atoms with van der Waals surface area (Å²) in [5.74, 6) is 0.296. The molecule has 2 nitrogen and oxygen atoms in total. The lowest BCUT2D eigenvalue weighted by Gasteiger charge is -2.16. The largest absolute Gasteiger partial charge is 0.380 e. The van der Waals surface area contributed by atoms with Crippen molar-refractivity contribution in [2.24, 2.45) is 0 Å². The van der Waals surface area contributed by atoms with E-state index in [1.807, 2.05) is 26.0 Å². The number of benzene rings is 1. The SMILES string of the molecule is CC.Fc1ccccc1CNc1cc(Cl)nc2c(Br)c(C3CC=CCC3)sc12. The molecular formula is C22H23BrClFN2S. The lowest BCUT2D eigenvalue weighted by atomic mass is 9.93. The van der Waals surface area contributed by atoms with Gasteiger partial charge in [0.2, 0.25) is 0 Å². The molecule has 1 aliphatic rings. The van der Waals surface area contributed by atoms with Gasteiger partial charge in [0.1, 0.15) is 11.0 Å². The lowest BCUT2D eigenvalue weighted by Crippen LogP contribution is -2.02. The first kappa shape index (κ1) is 21.3. The molecule has 0 aliphatic heterocycles. The molecule has 0 bridgehead atoms. The molecule has 1 unspecified atom stereocenters. The van der Waals surface area contributed by atoms with Crippen LogP contribution in [0, 0.1) is 5.82 Å². The van der Waals surface area contributed by atoms with E-state index in [2.05, 4.69) is 38.4 Å². The van der Waals surface area contributed by atoms with Crippen molar-refractivity contribution < 1.29 is 4.39 Å². The number of rotatable bonds is 4. The highest BCUT2D eigenvalue weighted by atomic mass is 79.9. The molecule has 0 fully saturated rings. The van der Waals surface area contributed by atoms with Crippen molar-refractivity contribution in [1.82, 2.24) is 4.98 Å². The van der Waals surface area contributed by atoms with Crippen LogP contribution in [0.25, 0.3) is 10.2 Å². The van der Waals surface area contributed by atoms with E-state index in [1.54, 1.807) is 23.5 Å². The van der Waals surface area contributed by atoms with Crippen LogP contribution in [0.15, 0.2) is 47.0 Å². The van der Waals surface area contributed by atoms with Crippen molar-refractivity contribution in [3.05, 3.63) is 68.4 Å². The molecule has 6 heteroatoms. The molecule has 28 heavy (non-hydrogen) atoms. The maximum Gasteiger partial charge on any atom is 0.131 e. The number of hydrogen-bond donors (Lipinski definition) is 1. The highest BCUT2D eigenvalue weighted by Gasteiger charge is 2.22. The van der Waals surface area contributed by atoms with E-state index >= 15 is 0 Å². The average Bonchev–Trinajstić information content (AvgIpc) is 3.06. The summed E-state index contributed by atoms with van der Waals surface area (Å²) in [5.41, 5.74) is 2.40. The number of aromatic nitrogens is 1. The Balaban J connectivity index is 0.00000109. The van der Waals surface area contributed by atoms with Gasteiger partial charge in [0, 0.05) is 23.1 Å². The number of hydrogen-bond acceptors (Lipinski definition) is 3. The van der Waals surface area contributed by atoms with Gasteiger partial charge in [-0.25, -0.2) is 9.37 Å². The molecule has 148 valence electrons. The molecule has 1 N–H and O–H groups in total. The number of fused-ring (bicyclic) bond motifs is 1. The smallest absolute Gasteiger partial charge is 0.131 e. The lowest BCUT2D eigenvalue weighted by molar-refractivity contribution is 0.613. The number of nitrogens with one attached hydrogen (secondary N) is 1. The van der Waals surface area contributed by atoms with Gasteiger partial charge in [0.25, 0.3) is 0 Å². The van der Waals surface area contributed by atoms with Gasteiger partial charge in [-0.05, 0) is 47.2 Å². The zero-order chi connectivity index (χ0) is 20.1. The van der Waals surface area contributed by atoms with Crippen molar-refractivity contribution >= 4 is 54.8 Å². The Hall–Kier alpha value is -1.43. The monoisotopic (exact) mass is 480 g/mol. The van der Waals surface area contributed by atoms with Crippen LogP contribution in [0.4, 0.5) is 10.1 Å². The van der Waals surface area contributed by atoms with Gasteiger partial charge in [0.15, 0.2) is 0 Å². The van der Waals surface area contributed by atoms with Crippen molar-refractivity contribution in [1.29, 1.82) is 0 Å². The van der Waals surface area contributed by atoms with Crippen LogP contribution in [0.5, 0.6) is 0 Å². The first-order chi connectivity index (χ1) is 13.6. The molecule has 2 heterocycles. The Kier molecular flexibility index (Phi) is 7.49. The molecular weight excluding hydrogens is 459 g/mol. The number of halogens is 3. The molecule has 0 amide bonds. The first-order valence-corrected chi connectivity index (χ1v) is 11.5. The molecule has 1 aromatic carbocycles. The number of allylic oxidation sites excluding steroid dienone is 2. The third-order valence-corrected chi connectivity index (χ3v) is 7.28. The topological polar surface area (TPSA) is 24.9 Å². The van der Waals surface area contributed by atoms with Gasteiger partial charge in [-0.1, -0.05) is 55.8 Å². The minimum Gasteiger partial charge on any atom is -0.380 e. The van der Waals surface area contributed by atoms with Gasteiger partial charge in [-0.15, -0.1) is 11.3 Å². The van der Waals surface area contributed by atoms with E-state index in [-0.39, 0.29) is 5.82 Å². The molecule has 4 rings (SSSR count). The minimum absolute atomic E-state index is 0.210. The molecule has 2 aromatic heterocycles. The fourth-order valence-electron chi connectivity index (χ4n) is 3.28. The summed E-state index contributed by atoms with van der Waals surface area (Å²) in [7, 11) is 0. The Morgan fingerprint density at radius 2 is 2.07 bits per heavy atom. The highest BCUT2D eigenvalue weighted by Crippen LogP contribution is 2.45. The summed E-state index contributed by atoms with van der Waals surface area (Å²) in [4.78, 5) is 5.83.